The smallest absolute Gasteiger partial charge is 0.119 e. The van der Waals surface area contributed by atoms with Crippen LogP contribution in [0.2, 0.25) is 0 Å². The first-order chi connectivity index (χ1) is 9.63. The Morgan fingerprint density at radius 2 is 2.15 bits per heavy atom. The van der Waals surface area contributed by atoms with Crippen molar-refractivity contribution in [2.75, 3.05) is 13.7 Å². The largest absolute Gasteiger partial charge is 0.497 e. The summed E-state index contributed by atoms with van der Waals surface area (Å²) in [6.45, 7) is 5.25. The molecule has 0 amide bonds. The van der Waals surface area contributed by atoms with Crippen molar-refractivity contribution >= 4 is 27.3 Å². The second kappa shape index (κ2) is 7.25. The summed E-state index contributed by atoms with van der Waals surface area (Å²) in [7, 11) is 1.71. The summed E-state index contributed by atoms with van der Waals surface area (Å²) >= 11 is 5.43. The van der Waals surface area contributed by atoms with Gasteiger partial charge in [-0.3, -0.25) is 0 Å². The average Bonchev–Trinajstić information content (AvgIpc) is 2.78. The highest BCUT2D eigenvalue weighted by Crippen LogP contribution is 2.33. The molecule has 0 bridgehead atoms. The first-order valence-corrected chi connectivity index (χ1v) is 8.37. The molecule has 108 valence electrons. The van der Waals surface area contributed by atoms with Crippen molar-refractivity contribution in [2.45, 2.75) is 26.3 Å². The van der Waals surface area contributed by atoms with Gasteiger partial charge >= 0.3 is 0 Å². The minimum Gasteiger partial charge on any atom is -0.497 e. The Kier molecular flexibility index (Phi) is 5.64. The number of halogens is 1. The predicted octanol–water partition coefficient (Wildman–Crippen LogP) is 4.72. The van der Waals surface area contributed by atoms with Gasteiger partial charge in [0.05, 0.1) is 10.9 Å². The number of methoxy groups -OCH3 is 1. The fourth-order valence-electron chi connectivity index (χ4n) is 2.21. The molecule has 0 spiro atoms. The van der Waals surface area contributed by atoms with E-state index in [-0.39, 0.29) is 0 Å². The van der Waals surface area contributed by atoms with E-state index in [1.807, 2.05) is 23.5 Å². The van der Waals surface area contributed by atoms with Gasteiger partial charge in [0.1, 0.15) is 5.75 Å². The number of ether oxygens (including phenoxy) is 1. The first kappa shape index (κ1) is 15.5. The molecule has 0 fully saturated rings. The molecular weight excluding hydrogens is 334 g/mol. The Morgan fingerprint density at radius 1 is 1.35 bits per heavy atom. The number of nitrogens with one attached hydrogen (secondary N) is 1. The van der Waals surface area contributed by atoms with Gasteiger partial charge in [-0.1, -0.05) is 19.1 Å². The van der Waals surface area contributed by atoms with E-state index in [9.17, 15) is 0 Å². The van der Waals surface area contributed by atoms with Crippen LogP contribution < -0.4 is 10.1 Å². The number of hydrogen-bond acceptors (Lipinski definition) is 3. The topological polar surface area (TPSA) is 21.3 Å². The SMILES string of the molecule is CCNC(Cc1cccc(OC)c1)c1cc(C)c(Br)s1. The van der Waals surface area contributed by atoms with E-state index in [0.29, 0.717) is 6.04 Å². The lowest BCUT2D eigenvalue weighted by Gasteiger charge is -2.17. The molecule has 1 heterocycles. The van der Waals surface area contributed by atoms with Crippen LogP contribution in [-0.2, 0) is 6.42 Å². The van der Waals surface area contributed by atoms with E-state index in [2.05, 4.69) is 53.3 Å². The van der Waals surface area contributed by atoms with Crippen molar-refractivity contribution < 1.29 is 4.74 Å². The summed E-state index contributed by atoms with van der Waals surface area (Å²) in [5.74, 6) is 0.918. The summed E-state index contributed by atoms with van der Waals surface area (Å²) in [6.07, 6.45) is 0.970. The molecule has 1 N–H and O–H groups in total. The molecule has 0 aliphatic heterocycles. The van der Waals surface area contributed by atoms with Gasteiger partial charge < -0.3 is 10.1 Å². The molecule has 0 radical (unpaired) electrons. The van der Waals surface area contributed by atoms with Gasteiger partial charge in [0.15, 0.2) is 0 Å². The number of benzene rings is 1. The molecular formula is C16H20BrNOS. The molecule has 1 atom stereocenters. The molecule has 1 aromatic heterocycles. The van der Waals surface area contributed by atoms with Crippen LogP contribution in [0, 0.1) is 6.92 Å². The fourth-order valence-corrected chi connectivity index (χ4v) is 3.86. The normalized spacial score (nSPS) is 12.4. The second-order valence-electron chi connectivity index (χ2n) is 4.77. The number of thiophene rings is 1. The fraction of sp³-hybridized carbons (Fsp3) is 0.375. The van der Waals surface area contributed by atoms with Crippen LogP contribution in [0.5, 0.6) is 5.75 Å². The summed E-state index contributed by atoms with van der Waals surface area (Å²) in [5, 5.41) is 3.57. The zero-order valence-electron chi connectivity index (χ0n) is 12.1. The predicted molar refractivity (Wildman–Crippen MR) is 89.9 cm³/mol. The van der Waals surface area contributed by atoms with Crippen molar-refractivity contribution in [3.05, 3.63) is 50.1 Å². The summed E-state index contributed by atoms with van der Waals surface area (Å²) in [6, 6.07) is 10.9. The lowest BCUT2D eigenvalue weighted by molar-refractivity contribution is 0.414. The zero-order valence-corrected chi connectivity index (χ0v) is 14.5. The van der Waals surface area contributed by atoms with Gasteiger partial charge in [-0.2, -0.15) is 0 Å². The third kappa shape index (κ3) is 3.84. The Balaban J connectivity index is 2.20. The molecule has 20 heavy (non-hydrogen) atoms. The van der Waals surface area contributed by atoms with Crippen molar-refractivity contribution in [1.82, 2.24) is 5.32 Å². The molecule has 2 nitrogen and oxygen atoms in total. The van der Waals surface area contributed by atoms with Gasteiger partial charge in [0.25, 0.3) is 0 Å². The lowest BCUT2D eigenvalue weighted by Crippen LogP contribution is -2.22. The summed E-state index contributed by atoms with van der Waals surface area (Å²) in [5.41, 5.74) is 2.59. The standard InChI is InChI=1S/C16H20BrNOS/c1-4-18-14(15-8-11(2)16(17)20-15)10-12-6-5-7-13(9-12)19-3/h5-9,14,18H,4,10H2,1-3H3. The molecule has 0 aliphatic carbocycles. The molecule has 2 rings (SSSR count). The quantitative estimate of drug-likeness (QED) is 0.810. The Labute approximate surface area is 133 Å². The maximum Gasteiger partial charge on any atom is 0.119 e. The minimum atomic E-state index is 0.349. The number of rotatable bonds is 6. The highest BCUT2D eigenvalue weighted by molar-refractivity contribution is 9.11. The highest BCUT2D eigenvalue weighted by Gasteiger charge is 2.15. The maximum atomic E-state index is 5.30. The number of hydrogen-bond donors (Lipinski definition) is 1. The van der Waals surface area contributed by atoms with Crippen LogP contribution in [0.15, 0.2) is 34.1 Å². The molecule has 0 aliphatic rings. The van der Waals surface area contributed by atoms with Gasteiger partial charge in [0.2, 0.25) is 0 Å². The van der Waals surface area contributed by atoms with Crippen LogP contribution in [0.3, 0.4) is 0 Å². The molecule has 1 aromatic carbocycles. The van der Waals surface area contributed by atoms with E-state index in [0.717, 1.165) is 18.7 Å². The van der Waals surface area contributed by atoms with Gasteiger partial charge in [-0.05, 0) is 65.1 Å². The Hall–Kier alpha value is -0.840. The van der Waals surface area contributed by atoms with Crippen LogP contribution >= 0.6 is 27.3 Å². The molecule has 0 saturated heterocycles. The lowest BCUT2D eigenvalue weighted by atomic mass is 10.0. The van der Waals surface area contributed by atoms with E-state index < -0.39 is 0 Å². The summed E-state index contributed by atoms with van der Waals surface area (Å²) in [4.78, 5) is 1.37. The molecule has 4 heteroatoms. The van der Waals surface area contributed by atoms with Crippen LogP contribution in [0.1, 0.15) is 29.0 Å². The number of likely N-dealkylation sites (N-methyl/N-ethyl adjacent to an activating group) is 1. The monoisotopic (exact) mass is 353 g/mol. The Bertz CT molecular complexity index is 548. The molecule has 1 unspecified atom stereocenters. The average molecular weight is 354 g/mol. The molecule has 2 aromatic rings. The maximum absolute atomic E-state index is 5.30. The summed E-state index contributed by atoms with van der Waals surface area (Å²) < 4.78 is 6.52. The van der Waals surface area contributed by atoms with Crippen molar-refractivity contribution in [1.29, 1.82) is 0 Å². The number of aryl methyl sites for hydroxylation is 1. The first-order valence-electron chi connectivity index (χ1n) is 6.76. The van der Waals surface area contributed by atoms with Gasteiger partial charge in [0, 0.05) is 10.9 Å². The van der Waals surface area contributed by atoms with Crippen LogP contribution in [0.4, 0.5) is 0 Å². The van der Waals surface area contributed by atoms with E-state index in [1.165, 1.54) is 19.8 Å². The zero-order chi connectivity index (χ0) is 14.5. The second-order valence-corrected chi connectivity index (χ2v) is 7.17. The van der Waals surface area contributed by atoms with E-state index in [1.54, 1.807) is 7.11 Å². The van der Waals surface area contributed by atoms with Crippen LogP contribution in [-0.4, -0.2) is 13.7 Å². The minimum absolute atomic E-state index is 0.349. The van der Waals surface area contributed by atoms with Gasteiger partial charge in [-0.15, -0.1) is 11.3 Å². The molecule has 0 saturated carbocycles. The van der Waals surface area contributed by atoms with Gasteiger partial charge in [-0.25, -0.2) is 0 Å². The van der Waals surface area contributed by atoms with E-state index in [4.69, 9.17) is 4.74 Å². The third-order valence-corrected chi connectivity index (χ3v) is 5.49. The highest BCUT2D eigenvalue weighted by atomic mass is 79.9. The Morgan fingerprint density at radius 3 is 2.75 bits per heavy atom. The third-order valence-electron chi connectivity index (χ3n) is 3.24. The van der Waals surface area contributed by atoms with Crippen molar-refractivity contribution in [3.63, 3.8) is 0 Å². The van der Waals surface area contributed by atoms with Crippen molar-refractivity contribution in [3.8, 4) is 5.75 Å². The van der Waals surface area contributed by atoms with E-state index >= 15 is 0 Å². The van der Waals surface area contributed by atoms with Crippen LogP contribution in [0.25, 0.3) is 0 Å². The van der Waals surface area contributed by atoms with Crippen molar-refractivity contribution in [2.24, 2.45) is 0 Å².